The average Bonchev–Trinajstić information content (AvgIpc) is 3.11. The zero-order valence-corrected chi connectivity index (χ0v) is 14.1. The highest BCUT2D eigenvalue weighted by molar-refractivity contribution is 7.80. The molecule has 0 amide bonds. The van der Waals surface area contributed by atoms with Crippen molar-refractivity contribution >= 4 is 23.0 Å². The minimum absolute atomic E-state index is 0.219. The molecule has 3 aromatic rings. The molecule has 0 atom stereocenters. The number of aromatic nitrogens is 2. The molecule has 6 nitrogen and oxygen atoms in total. The van der Waals surface area contributed by atoms with Crippen LogP contribution in [-0.4, -0.2) is 22.4 Å². The van der Waals surface area contributed by atoms with Gasteiger partial charge in [0.25, 0.3) is 0 Å². The average molecular weight is 358 g/mol. The first-order chi connectivity index (χ1) is 12.2. The molecule has 0 fully saturated rings. The van der Waals surface area contributed by atoms with Gasteiger partial charge in [-0.1, -0.05) is 29.4 Å². The summed E-state index contributed by atoms with van der Waals surface area (Å²) in [6, 6.07) is 13.6. The van der Waals surface area contributed by atoms with E-state index < -0.39 is 0 Å². The van der Waals surface area contributed by atoms with Gasteiger partial charge in [-0.2, -0.15) is 4.98 Å². The molecule has 1 aromatic heterocycles. The Morgan fingerprint density at radius 3 is 2.88 bits per heavy atom. The van der Waals surface area contributed by atoms with Gasteiger partial charge in [0.1, 0.15) is 11.6 Å². The van der Waals surface area contributed by atoms with Gasteiger partial charge in [-0.15, -0.1) is 0 Å². The molecule has 25 heavy (non-hydrogen) atoms. The lowest BCUT2D eigenvalue weighted by molar-refractivity contribution is 0.376. The van der Waals surface area contributed by atoms with Crippen LogP contribution in [0.3, 0.4) is 0 Å². The van der Waals surface area contributed by atoms with Gasteiger partial charge in [-0.3, -0.25) is 0 Å². The van der Waals surface area contributed by atoms with Crippen LogP contribution in [0.4, 0.5) is 10.1 Å². The quantitative estimate of drug-likeness (QED) is 0.678. The summed E-state index contributed by atoms with van der Waals surface area (Å²) in [5.74, 6) is 1.13. The minimum atomic E-state index is -0.384. The third kappa shape index (κ3) is 4.30. The van der Waals surface area contributed by atoms with Crippen LogP contribution in [0.15, 0.2) is 53.1 Å². The number of hydrogen-bond donors (Lipinski definition) is 2. The van der Waals surface area contributed by atoms with Crippen molar-refractivity contribution in [3.05, 3.63) is 60.2 Å². The van der Waals surface area contributed by atoms with E-state index in [9.17, 15) is 4.39 Å². The highest BCUT2D eigenvalue weighted by atomic mass is 32.1. The smallest absolute Gasteiger partial charge is 0.246 e. The lowest BCUT2D eigenvalue weighted by Gasteiger charge is -2.09. The second kappa shape index (κ2) is 7.71. The summed E-state index contributed by atoms with van der Waals surface area (Å²) in [6.45, 7) is 0.219. The molecule has 0 aliphatic heterocycles. The lowest BCUT2D eigenvalue weighted by Crippen LogP contribution is -2.28. The number of methoxy groups -OCH3 is 1. The van der Waals surface area contributed by atoms with Gasteiger partial charge in [0.2, 0.25) is 11.7 Å². The Balaban J connectivity index is 1.60. The van der Waals surface area contributed by atoms with E-state index in [1.165, 1.54) is 6.07 Å². The van der Waals surface area contributed by atoms with Crippen LogP contribution in [-0.2, 0) is 6.54 Å². The minimum Gasteiger partial charge on any atom is -0.497 e. The fraction of sp³-hybridized carbons (Fsp3) is 0.118. The largest absolute Gasteiger partial charge is 0.497 e. The third-order valence-electron chi connectivity index (χ3n) is 3.32. The van der Waals surface area contributed by atoms with Crippen molar-refractivity contribution in [2.24, 2.45) is 0 Å². The van der Waals surface area contributed by atoms with Crippen molar-refractivity contribution in [2.45, 2.75) is 6.54 Å². The molecule has 3 rings (SSSR count). The van der Waals surface area contributed by atoms with Gasteiger partial charge in [0.05, 0.1) is 19.3 Å². The first kappa shape index (κ1) is 16.8. The molecular weight excluding hydrogens is 343 g/mol. The van der Waals surface area contributed by atoms with Crippen molar-refractivity contribution < 1.29 is 13.7 Å². The third-order valence-corrected chi connectivity index (χ3v) is 3.56. The van der Waals surface area contributed by atoms with Crippen LogP contribution in [0.1, 0.15) is 5.89 Å². The summed E-state index contributed by atoms with van der Waals surface area (Å²) < 4.78 is 23.9. The normalized spacial score (nSPS) is 10.3. The Labute approximate surface area is 149 Å². The predicted molar refractivity (Wildman–Crippen MR) is 95.7 cm³/mol. The Hall–Kier alpha value is -3.00. The predicted octanol–water partition coefficient (Wildman–Crippen LogP) is 3.37. The number of nitrogens with zero attached hydrogens (tertiary/aromatic N) is 2. The molecule has 0 aliphatic rings. The highest BCUT2D eigenvalue weighted by Gasteiger charge is 2.10. The number of benzene rings is 2. The van der Waals surface area contributed by atoms with Crippen LogP contribution in [0.5, 0.6) is 5.75 Å². The van der Waals surface area contributed by atoms with E-state index in [-0.39, 0.29) is 17.5 Å². The number of nitrogens with one attached hydrogen (secondary N) is 2. The fourth-order valence-corrected chi connectivity index (χ4v) is 2.27. The molecule has 1 heterocycles. The zero-order valence-electron chi connectivity index (χ0n) is 13.3. The fourth-order valence-electron chi connectivity index (χ4n) is 2.09. The van der Waals surface area contributed by atoms with E-state index in [4.69, 9.17) is 21.5 Å². The molecule has 0 saturated heterocycles. The number of anilines is 1. The molecule has 0 aliphatic carbocycles. The molecule has 2 aromatic carbocycles. The van der Waals surface area contributed by atoms with Crippen molar-refractivity contribution in [1.29, 1.82) is 0 Å². The standard InChI is InChI=1S/C17H15FN4O2S/c1-23-12-6-4-5-11(9-12)16-21-15(24-22-16)10-19-17(25)20-14-8-3-2-7-13(14)18/h2-9H,10H2,1H3,(H2,19,20,25). The molecule has 0 bridgehead atoms. The second-order valence-corrected chi connectivity index (χ2v) is 5.44. The Morgan fingerprint density at radius 2 is 2.08 bits per heavy atom. The van der Waals surface area contributed by atoms with Crippen LogP contribution in [0.25, 0.3) is 11.4 Å². The molecule has 0 spiro atoms. The first-order valence-corrected chi connectivity index (χ1v) is 7.83. The van der Waals surface area contributed by atoms with Gasteiger partial charge in [0, 0.05) is 5.56 Å². The zero-order chi connectivity index (χ0) is 17.6. The van der Waals surface area contributed by atoms with Crippen LogP contribution < -0.4 is 15.4 Å². The van der Waals surface area contributed by atoms with Crippen molar-refractivity contribution in [2.75, 3.05) is 12.4 Å². The number of ether oxygens (including phenoxy) is 1. The van der Waals surface area contributed by atoms with E-state index in [0.29, 0.717) is 23.2 Å². The van der Waals surface area contributed by atoms with Crippen molar-refractivity contribution in [3.8, 4) is 17.1 Å². The molecule has 0 unspecified atom stereocenters. The maximum absolute atomic E-state index is 13.6. The monoisotopic (exact) mass is 358 g/mol. The Kier molecular flexibility index (Phi) is 5.20. The first-order valence-electron chi connectivity index (χ1n) is 7.42. The molecule has 2 N–H and O–H groups in total. The number of para-hydroxylation sites is 1. The summed E-state index contributed by atoms with van der Waals surface area (Å²) in [5.41, 5.74) is 1.07. The van der Waals surface area contributed by atoms with Gasteiger partial charge >= 0.3 is 0 Å². The van der Waals surface area contributed by atoms with Crippen LogP contribution in [0, 0.1) is 5.82 Å². The van der Waals surface area contributed by atoms with Crippen LogP contribution >= 0.6 is 12.2 Å². The molecule has 0 saturated carbocycles. The maximum Gasteiger partial charge on any atom is 0.246 e. The van der Waals surface area contributed by atoms with Gasteiger partial charge in [-0.05, 0) is 36.5 Å². The highest BCUT2D eigenvalue weighted by Crippen LogP contribution is 2.21. The Morgan fingerprint density at radius 1 is 1.24 bits per heavy atom. The van der Waals surface area contributed by atoms with E-state index in [1.807, 2.05) is 24.3 Å². The molecule has 0 radical (unpaired) electrons. The van der Waals surface area contributed by atoms with E-state index in [0.717, 1.165) is 5.56 Å². The summed E-state index contributed by atoms with van der Waals surface area (Å²) >= 11 is 5.13. The van der Waals surface area contributed by atoms with Gasteiger partial charge < -0.3 is 19.9 Å². The lowest BCUT2D eigenvalue weighted by atomic mass is 10.2. The number of rotatable bonds is 5. The topological polar surface area (TPSA) is 72.2 Å². The van der Waals surface area contributed by atoms with Gasteiger partial charge in [0.15, 0.2) is 5.11 Å². The van der Waals surface area contributed by atoms with Crippen molar-refractivity contribution in [1.82, 2.24) is 15.5 Å². The van der Waals surface area contributed by atoms with Crippen molar-refractivity contribution in [3.63, 3.8) is 0 Å². The number of thiocarbonyl (C=S) groups is 1. The summed E-state index contributed by atoms with van der Waals surface area (Å²) in [6.07, 6.45) is 0. The SMILES string of the molecule is COc1cccc(-c2noc(CNC(=S)Nc3ccccc3F)n2)c1. The van der Waals surface area contributed by atoms with Crippen LogP contribution in [0.2, 0.25) is 0 Å². The summed E-state index contributed by atoms with van der Waals surface area (Å²) in [4.78, 5) is 4.30. The summed E-state index contributed by atoms with van der Waals surface area (Å²) in [7, 11) is 1.59. The van der Waals surface area contributed by atoms with E-state index >= 15 is 0 Å². The number of halogens is 1. The van der Waals surface area contributed by atoms with E-state index in [1.54, 1.807) is 25.3 Å². The second-order valence-electron chi connectivity index (χ2n) is 5.03. The molecular formula is C17H15FN4O2S. The Bertz CT molecular complexity index is 884. The number of hydrogen-bond acceptors (Lipinski definition) is 5. The summed E-state index contributed by atoms with van der Waals surface area (Å²) in [5, 5.41) is 9.86. The van der Waals surface area contributed by atoms with E-state index in [2.05, 4.69) is 20.8 Å². The maximum atomic E-state index is 13.6. The van der Waals surface area contributed by atoms with Gasteiger partial charge in [-0.25, -0.2) is 4.39 Å². The molecule has 8 heteroatoms. The molecule has 128 valence electrons.